The normalized spacial score (nSPS) is 11.9. The number of hydrogen-bond acceptors (Lipinski definition) is 3. The monoisotopic (exact) mass is 388 g/mol. The summed E-state index contributed by atoms with van der Waals surface area (Å²) in [6.07, 6.45) is -2.83. The van der Waals surface area contributed by atoms with Gasteiger partial charge >= 0.3 is 6.18 Å². The van der Waals surface area contributed by atoms with Crippen LogP contribution in [0.3, 0.4) is 0 Å². The molecule has 3 aromatic heterocycles. The van der Waals surface area contributed by atoms with Crippen molar-refractivity contribution in [3.05, 3.63) is 71.1 Å². The number of nitrogens with zero attached hydrogens (tertiary/aromatic N) is 4. The number of aryl methyl sites for hydroxylation is 1. The van der Waals surface area contributed by atoms with Gasteiger partial charge in [0.1, 0.15) is 5.15 Å². The molecule has 0 fully saturated rings. The molecule has 0 radical (unpaired) electrons. The molecular formula is C19H12ClF3N4. The zero-order valence-electron chi connectivity index (χ0n) is 14.0. The highest BCUT2D eigenvalue weighted by atomic mass is 35.5. The average Bonchev–Trinajstić information content (AvgIpc) is 3.03. The first kappa shape index (κ1) is 17.5. The summed E-state index contributed by atoms with van der Waals surface area (Å²) in [4.78, 5) is 8.49. The van der Waals surface area contributed by atoms with E-state index in [-0.39, 0.29) is 10.8 Å². The van der Waals surface area contributed by atoms with Gasteiger partial charge in [0.2, 0.25) is 0 Å². The van der Waals surface area contributed by atoms with Gasteiger partial charge in [-0.05, 0) is 37.3 Å². The first-order valence-electron chi connectivity index (χ1n) is 7.98. The zero-order chi connectivity index (χ0) is 19.2. The van der Waals surface area contributed by atoms with Crippen molar-refractivity contribution in [3.8, 4) is 17.1 Å². The fourth-order valence-electron chi connectivity index (χ4n) is 2.82. The van der Waals surface area contributed by atoms with Gasteiger partial charge in [0.15, 0.2) is 5.82 Å². The van der Waals surface area contributed by atoms with E-state index >= 15 is 0 Å². The molecule has 8 heteroatoms. The second-order valence-corrected chi connectivity index (χ2v) is 6.42. The van der Waals surface area contributed by atoms with Gasteiger partial charge in [-0.25, -0.2) is 14.6 Å². The molecule has 3 heterocycles. The Hall–Kier alpha value is -2.93. The topological polar surface area (TPSA) is 43.6 Å². The lowest BCUT2D eigenvalue weighted by Gasteiger charge is -2.10. The number of fused-ring (bicyclic) bond motifs is 1. The van der Waals surface area contributed by atoms with E-state index in [0.29, 0.717) is 16.9 Å². The minimum Gasteiger partial charge on any atom is -0.236 e. The number of rotatable bonds is 2. The van der Waals surface area contributed by atoms with Crippen LogP contribution in [0.15, 0.2) is 54.7 Å². The van der Waals surface area contributed by atoms with Gasteiger partial charge in [-0.3, -0.25) is 0 Å². The van der Waals surface area contributed by atoms with Gasteiger partial charge in [-0.15, -0.1) is 0 Å². The number of aromatic nitrogens is 4. The lowest BCUT2D eigenvalue weighted by molar-refractivity contribution is -0.137. The summed E-state index contributed by atoms with van der Waals surface area (Å²) in [5.41, 5.74) is 1.35. The predicted molar refractivity (Wildman–Crippen MR) is 96.8 cm³/mol. The molecule has 136 valence electrons. The summed E-state index contributed by atoms with van der Waals surface area (Å²) in [6.45, 7) is 1.87. The SMILES string of the molecule is Cc1cccc(-n2ncc3ccc(-c4cc(C(F)(F)F)cc(Cl)n4)cc32)n1. The molecule has 4 rings (SSSR count). The Labute approximate surface area is 157 Å². The Morgan fingerprint density at radius 2 is 1.81 bits per heavy atom. The highest BCUT2D eigenvalue weighted by Crippen LogP contribution is 2.34. The second-order valence-electron chi connectivity index (χ2n) is 6.03. The maximum absolute atomic E-state index is 13.1. The summed E-state index contributed by atoms with van der Waals surface area (Å²) in [6, 6.07) is 12.5. The number of halogens is 4. The molecule has 0 amide bonds. The summed E-state index contributed by atoms with van der Waals surface area (Å²) in [7, 11) is 0. The lowest BCUT2D eigenvalue weighted by atomic mass is 10.1. The largest absolute Gasteiger partial charge is 0.416 e. The summed E-state index contributed by atoms with van der Waals surface area (Å²) >= 11 is 5.81. The molecule has 0 atom stereocenters. The zero-order valence-corrected chi connectivity index (χ0v) is 14.8. The summed E-state index contributed by atoms with van der Waals surface area (Å²) < 4.78 is 40.9. The molecule has 0 aliphatic heterocycles. The van der Waals surface area contributed by atoms with Crippen molar-refractivity contribution < 1.29 is 13.2 Å². The van der Waals surface area contributed by atoms with Crippen LogP contribution >= 0.6 is 11.6 Å². The molecule has 0 spiro atoms. The van der Waals surface area contributed by atoms with Crippen molar-refractivity contribution in [2.45, 2.75) is 13.1 Å². The van der Waals surface area contributed by atoms with E-state index in [1.807, 2.05) is 25.1 Å². The van der Waals surface area contributed by atoms with Crippen molar-refractivity contribution >= 4 is 22.5 Å². The van der Waals surface area contributed by atoms with Gasteiger partial charge < -0.3 is 0 Å². The molecule has 0 unspecified atom stereocenters. The maximum atomic E-state index is 13.1. The van der Waals surface area contributed by atoms with Crippen molar-refractivity contribution in [1.82, 2.24) is 19.7 Å². The average molecular weight is 389 g/mol. The Bertz CT molecular complexity index is 1150. The molecular weight excluding hydrogens is 377 g/mol. The van der Waals surface area contributed by atoms with Crippen LogP contribution in [0.1, 0.15) is 11.3 Å². The van der Waals surface area contributed by atoms with Crippen LogP contribution in [0.2, 0.25) is 5.15 Å². The van der Waals surface area contributed by atoms with Gasteiger partial charge in [0.25, 0.3) is 0 Å². The molecule has 4 aromatic rings. The smallest absolute Gasteiger partial charge is 0.236 e. The van der Waals surface area contributed by atoms with E-state index in [9.17, 15) is 13.2 Å². The van der Waals surface area contributed by atoms with E-state index in [2.05, 4.69) is 15.1 Å². The Morgan fingerprint density at radius 1 is 1.00 bits per heavy atom. The first-order chi connectivity index (χ1) is 12.8. The third-order valence-corrected chi connectivity index (χ3v) is 4.27. The quantitative estimate of drug-likeness (QED) is 0.428. The number of hydrogen-bond donors (Lipinski definition) is 0. The predicted octanol–water partition coefficient (Wildman–Crippen LogP) is 5.46. The van der Waals surface area contributed by atoms with Gasteiger partial charge in [-0.2, -0.15) is 18.3 Å². The van der Waals surface area contributed by atoms with Gasteiger partial charge in [-0.1, -0.05) is 29.8 Å². The fourth-order valence-corrected chi connectivity index (χ4v) is 3.02. The van der Waals surface area contributed by atoms with E-state index in [1.165, 1.54) is 0 Å². The van der Waals surface area contributed by atoms with Crippen LogP contribution in [0.5, 0.6) is 0 Å². The standard InChI is InChI=1S/C19H12ClF3N4/c1-11-3-2-4-18(25-11)27-16-7-12(5-6-13(16)10-24-27)15-8-14(19(21,22)23)9-17(20)26-15/h2-10H,1H3. The van der Waals surface area contributed by atoms with Crippen LogP contribution in [-0.4, -0.2) is 19.7 Å². The summed E-state index contributed by atoms with van der Waals surface area (Å²) in [5, 5.41) is 4.96. The summed E-state index contributed by atoms with van der Waals surface area (Å²) in [5.74, 6) is 0.622. The third-order valence-electron chi connectivity index (χ3n) is 4.08. The van der Waals surface area contributed by atoms with Crippen LogP contribution in [0.4, 0.5) is 13.2 Å². The molecule has 0 saturated heterocycles. The van der Waals surface area contributed by atoms with Crippen LogP contribution < -0.4 is 0 Å². The first-order valence-corrected chi connectivity index (χ1v) is 8.36. The van der Waals surface area contributed by atoms with Crippen molar-refractivity contribution in [2.24, 2.45) is 0 Å². The van der Waals surface area contributed by atoms with E-state index in [4.69, 9.17) is 11.6 Å². The number of benzene rings is 1. The molecule has 0 aliphatic carbocycles. The van der Waals surface area contributed by atoms with Gasteiger partial charge in [0, 0.05) is 16.6 Å². The van der Waals surface area contributed by atoms with E-state index in [0.717, 1.165) is 23.2 Å². The van der Waals surface area contributed by atoms with Crippen molar-refractivity contribution in [1.29, 1.82) is 0 Å². The maximum Gasteiger partial charge on any atom is 0.416 e. The second kappa shape index (κ2) is 6.35. The molecule has 0 N–H and O–H groups in total. The van der Waals surface area contributed by atoms with Gasteiger partial charge in [0.05, 0.1) is 23.0 Å². The number of alkyl halides is 3. The van der Waals surface area contributed by atoms with Crippen LogP contribution in [0.25, 0.3) is 28.0 Å². The van der Waals surface area contributed by atoms with Crippen LogP contribution in [0, 0.1) is 6.92 Å². The van der Waals surface area contributed by atoms with E-state index in [1.54, 1.807) is 29.1 Å². The Morgan fingerprint density at radius 3 is 2.56 bits per heavy atom. The number of pyridine rings is 2. The van der Waals surface area contributed by atoms with Crippen molar-refractivity contribution in [3.63, 3.8) is 0 Å². The van der Waals surface area contributed by atoms with E-state index < -0.39 is 11.7 Å². The lowest BCUT2D eigenvalue weighted by Crippen LogP contribution is -2.06. The minimum absolute atomic E-state index is 0.140. The molecule has 27 heavy (non-hydrogen) atoms. The highest BCUT2D eigenvalue weighted by molar-refractivity contribution is 6.29. The molecule has 4 nitrogen and oxygen atoms in total. The highest BCUT2D eigenvalue weighted by Gasteiger charge is 2.31. The Balaban J connectivity index is 1.87. The minimum atomic E-state index is -4.50. The third kappa shape index (κ3) is 3.38. The fraction of sp³-hybridized carbons (Fsp3) is 0.105. The molecule has 0 saturated carbocycles. The Kier molecular flexibility index (Phi) is 4.11. The van der Waals surface area contributed by atoms with Crippen molar-refractivity contribution in [2.75, 3.05) is 0 Å². The molecule has 0 aliphatic rings. The molecule has 1 aromatic carbocycles. The molecule has 0 bridgehead atoms. The van der Waals surface area contributed by atoms with Crippen LogP contribution in [-0.2, 0) is 6.18 Å².